The second-order valence-electron chi connectivity index (χ2n) is 8.39. The molecule has 1 aliphatic carbocycles. The van der Waals surface area contributed by atoms with E-state index >= 15 is 0 Å². The van der Waals surface area contributed by atoms with Crippen molar-refractivity contribution in [3.05, 3.63) is 62.0 Å². The predicted molar refractivity (Wildman–Crippen MR) is 117 cm³/mol. The van der Waals surface area contributed by atoms with Gasteiger partial charge in [-0.3, -0.25) is 14.2 Å². The third kappa shape index (κ3) is 3.86. The molecule has 2 heterocycles. The molecular weight excluding hydrogens is 382 g/mol. The smallest absolute Gasteiger partial charge is 0.262 e. The van der Waals surface area contributed by atoms with Gasteiger partial charge in [0.1, 0.15) is 11.4 Å². The van der Waals surface area contributed by atoms with Crippen molar-refractivity contribution in [1.29, 1.82) is 0 Å². The molecule has 1 amide bonds. The Balaban J connectivity index is 1.56. The van der Waals surface area contributed by atoms with E-state index < -0.39 is 0 Å². The Morgan fingerprint density at radius 1 is 1.34 bits per heavy atom. The highest BCUT2D eigenvalue weighted by atomic mass is 32.1. The largest absolute Gasteiger partial charge is 0.340 e. The number of aromatic nitrogens is 2. The van der Waals surface area contributed by atoms with Crippen LogP contribution < -0.4 is 5.56 Å². The second-order valence-corrected chi connectivity index (χ2v) is 9.47. The van der Waals surface area contributed by atoms with E-state index in [0.29, 0.717) is 12.5 Å². The monoisotopic (exact) mass is 409 g/mol. The minimum Gasteiger partial charge on any atom is -0.340 e. The van der Waals surface area contributed by atoms with Crippen LogP contribution >= 0.6 is 11.3 Å². The Morgan fingerprint density at radius 3 is 2.90 bits per heavy atom. The summed E-state index contributed by atoms with van der Waals surface area (Å²) in [5.41, 5.74) is 4.57. The molecule has 0 radical (unpaired) electrons. The van der Waals surface area contributed by atoms with E-state index in [-0.39, 0.29) is 18.0 Å². The number of benzene rings is 1. The number of hydrogen-bond acceptors (Lipinski definition) is 4. The van der Waals surface area contributed by atoms with Crippen LogP contribution in [0.4, 0.5) is 0 Å². The molecule has 6 heteroatoms. The molecular formula is C23H27N3O2S. The average Bonchev–Trinajstić information content (AvgIpc) is 3.04. The third-order valence-electron chi connectivity index (χ3n) is 5.92. The summed E-state index contributed by atoms with van der Waals surface area (Å²) in [4.78, 5) is 34.2. The first-order chi connectivity index (χ1) is 13.8. The molecule has 0 spiro atoms. The van der Waals surface area contributed by atoms with Crippen molar-refractivity contribution in [2.24, 2.45) is 5.92 Å². The van der Waals surface area contributed by atoms with Crippen LogP contribution in [0.3, 0.4) is 0 Å². The van der Waals surface area contributed by atoms with Gasteiger partial charge in [0.05, 0.1) is 11.7 Å². The number of amides is 1. The maximum Gasteiger partial charge on any atom is 0.262 e. The van der Waals surface area contributed by atoms with Gasteiger partial charge in [0, 0.05) is 18.5 Å². The van der Waals surface area contributed by atoms with Crippen LogP contribution in [0.1, 0.15) is 40.5 Å². The Bertz CT molecular complexity index is 1140. The van der Waals surface area contributed by atoms with Gasteiger partial charge in [-0.15, -0.1) is 11.3 Å². The van der Waals surface area contributed by atoms with Crippen molar-refractivity contribution < 1.29 is 4.79 Å². The van der Waals surface area contributed by atoms with E-state index in [1.807, 2.05) is 0 Å². The zero-order valence-corrected chi connectivity index (χ0v) is 18.3. The number of aryl methyl sites for hydroxylation is 3. The Kier molecular flexibility index (Phi) is 5.30. The number of nitrogens with zero attached hydrogens (tertiary/aromatic N) is 3. The minimum atomic E-state index is -0.0917. The summed E-state index contributed by atoms with van der Waals surface area (Å²) in [5, 5.41) is 0.726. The van der Waals surface area contributed by atoms with Gasteiger partial charge in [-0.05, 0) is 55.7 Å². The summed E-state index contributed by atoms with van der Waals surface area (Å²) in [6.07, 6.45) is 4.58. The van der Waals surface area contributed by atoms with Crippen molar-refractivity contribution in [2.45, 2.75) is 53.1 Å². The number of fused-ring (bicyclic) bond motifs is 3. The number of rotatable bonds is 4. The molecule has 5 nitrogen and oxygen atoms in total. The van der Waals surface area contributed by atoms with E-state index in [0.717, 1.165) is 40.6 Å². The lowest BCUT2D eigenvalue weighted by atomic mass is 9.89. The fourth-order valence-electron chi connectivity index (χ4n) is 4.11. The maximum absolute atomic E-state index is 13.1. The zero-order valence-electron chi connectivity index (χ0n) is 17.5. The molecule has 0 saturated heterocycles. The van der Waals surface area contributed by atoms with Crippen molar-refractivity contribution in [3.63, 3.8) is 0 Å². The van der Waals surface area contributed by atoms with Gasteiger partial charge < -0.3 is 4.90 Å². The molecule has 152 valence electrons. The summed E-state index contributed by atoms with van der Waals surface area (Å²) in [7, 11) is 1.78. The number of carbonyl (C=O) groups excluding carboxylic acids is 1. The summed E-state index contributed by atoms with van der Waals surface area (Å²) in [6.45, 7) is 6.92. The molecule has 0 bridgehead atoms. The first-order valence-electron chi connectivity index (χ1n) is 10.1. The van der Waals surface area contributed by atoms with Gasteiger partial charge in [0.2, 0.25) is 5.91 Å². The molecule has 29 heavy (non-hydrogen) atoms. The quantitative estimate of drug-likeness (QED) is 0.658. The van der Waals surface area contributed by atoms with Crippen LogP contribution in [0.5, 0.6) is 0 Å². The van der Waals surface area contributed by atoms with Gasteiger partial charge >= 0.3 is 0 Å². The lowest BCUT2D eigenvalue weighted by molar-refractivity contribution is -0.131. The molecule has 0 fully saturated rings. The van der Waals surface area contributed by atoms with Gasteiger partial charge in [0.15, 0.2) is 0 Å². The molecule has 1 aromatic carbocycles. The lowest BCUT2D eigenvalue weighted by Gasteiger charge is -2.19. The fourth-order valence-corrected chi connectivity index (χ4v) is 5.45. The molecule has 0 saturated carbocycles. The number of carbonyl (C=O) groups is 1. The van der Waals surface area contributed by atoms with Crippen molar-refractivity contribution in [2.75, 3.05) is 7.05 Å². The number of hydrogen-bond donors (Lipinski definition) is 0. The molecule has 3 aromatic rings. The predicted octanol–water partition coefficient (Wildman–Crippen LogP) is 3.86. The summed E-state index contributed by atoms with van der Waals surface area (Å²) < 4.78 is 1.47. The summed E-state index contributed by atoms with van der Waals surface area (Å²) >= 11 is 1.64. The SMILES string of the molecule is Cc1ccc(CN(C)C(=O)Cn2cnc3sc4c(c3c2=O)CCC(C)C4)c(C)c1. The highest BCUT2D eigenvalue weighted by Crippen LogP contribution is 2.35. The highest BCUT2D eigenvalue weighted by Gasteiger charge is 2.23. The number of likely N-dealkylation sites (N-methyl/N-ethyl adjacent to an activating group) is 1. The van der Waals surface area contributed by atoms with Gasteiger partial charge in [-0.2, -0.15) is 0 Å². The zero-order chi connectivity index (χ0) is 20.7. The standard InChI is InChI=1S/C23H27N3O2S/c1-14-5-7-17(16(3)9-14)11-25(4)20(27)12-26-13-24-22-21(23(26)28)18-8-6-15(2)10-19(18)29-22/h5,7,9,13,15H,6,8,10-12H2,1-4H3. The van der Waals surface area contributed by atoms with Crippen LogP contribution in [0, 0.1) is 19.8 Å². The Hall–Kier alpha value is -2.47. The lowest BCUT2D eigenvalue weighted by Crippen LogP contribution is -2.34. The fraction of sp³-hybridized carbons (Fsp3) is 0.435. The van der Waals surface area contributed by atoms with Crippen LogP contribution in [0.15, 0.2) is 29.3 Å². The Labute approximate surface area is 175 Å². The molecule has 1 unspecified atom stereocenters. The van der Waals surface area contributed by atoms with E-state index in [9.17, 15) is 9.59 Å². The number of thiophene rings is 1. The first kappa shape index (κ1) is 19.8. The van der Waals surface area contributed by atoms with E-state index in [1.165, 1.54) is 26.9 Å². The van der Waals surface area contributed by atoms with Crippen molar-refractivity contribution >= 4 is 27.5 Å². The van der Waals surface area contributed by atoms with Crippen LogP contribution in [-0.4, -0.2) is 27.4 Å². The van der Waals surface area contributed by atoms with Gasteiger partial charge in [-0.1, -0.05) is 30.7 Å². The molecule has 1 atom stereocenters. The van der Waals surface area contributed by atoms with Gasteiger partial charge in [0.25, 0.3) is 5.56 Å². The Morgan fingerprint density at radius 2 is 2.14 bits per heavy atom. The van der Waals surface area contributed by atoms with Crippen molar-refractivity contribution in [1.82, 2.24) is 14.5 Å². The van der Waals surface area contributed by atoms with E-state index in [1.54, 1.807) is 23.3 Å². The van der Waals surface area contributed by atoms with Crippen molar-refractivity contribution in [3.8, 4) is 0 Å². The maximum atomic E-state index is 13.1. The molecule has 1 aliphatic rings. The van der Waals surface area contributed by atoms with Crippen LogP contribution in [0.2, 0.25) is 0 Å². The van der Waals surface area contributed by atoms with Crippen LogP contribution in [-0.2, 0) is 30.7 Å². The molecule has 2 aromatic heterocycles. The topological polar surface area (TPSA) is 55.2 Å². The first-order valence-corrected chi connectivity index (χ1v) is 10.9. The normalized spacial score (nSPS) is 16.1. The van der Waals surface area contributed by atoms with Crippen LogP contribution in [0.25, 0.3) is 10.2 Å². The summed E-state index contributed by atoms with van der Waals surface area (Å²) in [6, 6.07) is 6.24. The molecule has 4 rings (SSSR count). The van der Waals surface area contributed by atoms with E-state index in [4.69, 9.17) is 0 Å². The second kappa shape index (κ2) is 7.75. The molecule has 0 aliphatic heterocycles. The highest BCUT2D eigenvalue weighted by molar-refractivity contribution is 7.18. The minimum absolute atomic E-state index is 0.0181. The van der Waals surface area contributed by atoms with Gasteiger partial charge in [-0.25, -0.2) is 4.98 Å². The third-order valence-corrected chi connectivity index (χ3v) is 7.08. The average molecular weight is 410 g/mol. The molecule has 0 N–H and O–H groups in total. The van der Waals surface area contributed by atoms with E-state index in [2.05, 4.69) is 44.0 Å². The summed E-state index contributed by atoms with van der Waals surface area (Å²) in [5.74, 6) is 0.559.